The van der Waals surface area contributed by atoms with E-state index in [1.54, 1.807) is 6.07 Å². The molecular weight excluding hydrogens is 178 g/mol. The normalized spacial score (nSPS) is 10.3. The zero-order valence-electron chi connectivity index (χ0n) is 8.63. The lowest BCUT2D eigenvalue weighted by Crippen LogP contribution is -2.18. The Bertz CT molecular complexity index is 345. The molecule has 0 spiro atoms. The summed E-state index contributed by atoms with van der Waals surface area (Å²) in [5.74, 6) is 0.479. The second kappa shape index (κ2) is 4.04. The fourth-order valence-corrected chi connectivity index (χ4v) is 1.03. The van der Waals surface area contributed by atoms with Gasteiger partial charge in [-0.1, -0.05) is 0 Å². The summed E-state index contributed by atoms with van der Waals surface area (Å²) >= 11 is 0. The molecule has 0 aliphatic heterocycles. The average Bonchev–Trinajstić information content (AvgIpc) is 2.01. The van der Waals surface area contributed by atoms with Gasteiger partial charge >= 0.3 is 0 Å². The Morgan fingerprint density at radius 2 is 2.14 bits per heavy atom. The lowest BCUT2D eigenvalue weighted by Gasteiger charge is -2.09. The van der Waals surface area contributed by atoms with E-state index in [1.165, 1.54) is 0 Å². The molecule has 1 heterocycles. The lowest BCUT2D eigenvalue weighted by molar-refractivity contribution is 0.869. The Morgan fingerprint density at radius 1 is 1.50 bits per heavy atom. The molecule has 0 bridgehead atoms. The first-order valence-corrected chi connectivity index (χ1v) is 4.45. The van der Waals surface area contributed by atoms with Crippen LogP contribution in [0.4, 0.5) is 5.95 Å². The van der Waals surface area contributed by atoms with Crippen molar-refractivity contribution < 1.29 is 0 Å². The van der Waals surface area contributed by atoms with Gasteiger partial charge in [-0.05, 0) is 26.8 Å². The van der Waals surface area contributed by atoms with Gasteiger partial charge in [0, 0.05) is 11.7 Å². The number of nitrogens with one attached hydrogen (secondary N) is 2. The molecule has 0 aliphatic carbocycles. The molecule has 0 saturated heterocycles. The molecule has 14 heavy (non-hydrogen) atoms. The number of rotatable bonds is 3. The minimum absolute atomic E-state index is 0.0395. The molecule has 4 N–H and O–H groups in total. The van der Waals surface area contributed by atoms with Crippen molar-refractivity contribution in [1.29, 1.82) is 5.41 Å². The first-order chi connectivity index (χ1) is 6.49. The van der Waals surface area contributed by atoms with Crippen LogP contribution >= 0.6 is 0 Å². The van der Waals surface area contributed by atoms with Crippen LogP contribution in [0.1, 0.15) is 25.2 Å². The Labute approximate surface area is 83.3 Å². The molecule has 0 atom stereocenters. The number of nitrogens with two attached hydrogens (primary N) is 1. The maximum absolute atomic E-state index is 7.27. The third-order valence-electron chi connectivity index (χ3n) is 1.55. The van der Waals surface area contributed by atoms with Crippen molar-refractivity contribution in [1.82, 2.24) is 9.97 Å². The molecule has 1 aromatic heterocycles. The van der Waals surface area contributed by atoms with Gasteiger partial charge in [-0.3, -0.25) is 5.41 Å². The second-order valence-corrected chi connectivity index (χ2v) is 3.43. The fraction of sp³-hybridized carbons (Fsp3) is 0.444. The average molecular weight is 193 g/mol. The van der Waals surface area contributed by atoms with Crippen molar-refractivity contribution in [3.63, 3.8) is 0 Å². The van der Waals surface area contributed by atoms with Crippen molar-refractivity contribution in [2.45, 2.75) is 26.8 Å². The number of hydrogen-bond donors (Lipinski definition) is 3. The topological polar surface area (TPSA) is 87.7 Å². The Hall–Kier alpha value is -1.65. The number of aromatic nitrogens is 2. The van der Waals surface area contributed by atoms with Crippen molar-refractivity contribution in [3.8, 4) is 0 Å². The first kappa shape index (κ1) is 10.4. The zero-order valence-corrected chi connectivity index (χ0v) is 8.63. The number of hydrogen-bond acceptors (Lipinski definition) is 4. The molecule has 76 valence electrons. The second-order valence-electron chi connectivity index (χ2n) is 3.43. The molecule has 0 aliphatic rings. The van der Waals surface area contributed by atoms with E-state index in [4.69, 9.17) is 11.1 Å². The molecule has 5 nitrogen and oxygen atoms in total. The standard InChI is InChI=1S/C9H15N5/c1-5(2)12-9-13-6(3)4-7(14-9)8(10)11/h4-5H,1-3H3,(H3,10,11)(H,12,13,14). The molecule has 0 aromatic carbocycles. The van der Waals surface area contributed by atoms with Gasteiger partial charge in [-0.15, -0.1) is 0 Å². The van der Waals surface area contributed by atoms with Gasteiger partial charge in [0.05, 0.1) is 0 Å². The summed E-state index contributed by atoms with van der Waals surface area (Å²) in [7, 11) is 0. The quantitative estimate of drug-likeness (QED) is 0.491. The lowest BCUT2D eigenvalue weighted by atomic mass is 10.3. The number of nitrogen functional groups attached to an aromatic ring is 1. The van der Waals surface area contributed by atoms with Crippen LogP contribution in [-0.2, 0) is 0 Å². The van der Waals surface area contributed by atoms with E-state index >= 15 is 0 Å². The van der Waals surface area contributed by atoms with Gasteiger partial charge in [-0.25, -0.2) is 9.97 Å². The number of nitrogens with zero attached hydrogens (tertiary/aromatic N) is 2. The van der Waals surface area contributed by atoms with Crippen LogP contribution in [0.5, 0.6) is 0 Å². The smallest absolute Gasteiger partial charge is 0.223 e. The Balaban J connectivity index is 3.01. The fourth-order valence-electron chi connectivity index (χ4n) is 1.03. The van der Waals surface area contributed by atoms with Crippen LogP contribution in [0.25, 0.3) is 0 Å². The summed E-state index contributed by atoms with van der Waals surface area (Å²) in [6.07, 6.45) is 0. The Kier molecular flexibility index (Phi) is 3.01. The van der Waals surface area contributed by atoms with Crippen LogP contribution in [0.15, 0.2) is 6.07 Å². The Morgan fingerprint density at radius 3 is 2.64 bits per heavy atom. The summed E-state index contributed by atoms with van der Waals surface area (Å²) in [6, 6.07) is 1.95. The highest BCUT2D eigenvalue weighted by Crippen LogP contribution is 2.05. The highest BCUT2D eigenvalue weighted by Gasteiger charge is 2.04. The van der Waals surface area contributed by atoms with Crippen molar-refractivity contribution >= 4 is 11.8 Å². The van der Waals surface area contributed by atoms with Gasteiger partial charge in [0.15, 0.2) is 0 Å². The van der Waals surface area contributed by atoms with E-state index in [9.17, 15) is 0 Å². The molecule has 5 heteroatoms. The van der Waals surface area contributed by atoms with Crippen LogP contribution in [0.3, 0.4) is 0 Å². The molecule has 0 unspecified atom stereocenters. The molecule has 1 rings (SSSR count). The predicted molar refractivity (Wildman–Crippen MR) is 56.5 cm³/mol. The molecule has 0 amide bonds. The largest absolute Gasteiger partial charge is 0.382 e. The number of amidine groups is 1. The van der Waals surface area contributed by atoms with E-state index in [0.717, 1.165) is 5.69 Å². The monoisotopic (exact) mass is 193 g/mol. The van der Waals surface area contributed by atoms with E-state index in [0.29, 0.717) is 11.6 Å². The van der Waals surface area contributed by atoms with Crippen LogP contribution in [0, 0.1) is 12.3 Å². The minimum Gasteiger partial charge on any atom is -0.382 e. The highest BCUT2D eigenvalue weighted by atomic mass is 15.1. The van der Waals surface area contributed by atoms with Gasteiger partial charge in [0.1, 0.15) is 11.5 Å². The third-order valence-corrected chi connectivity index (χ3v) is 1.55. The summed E-state index contributed by atoms with van der Waals surface area (Å²) in [5.41, 5.74) is 6.61. The van der Waals surface area contributed by atoms with Gasteiger partial charge < -0.3 is 11.1 Å². The predicted octanol–water partition coefficient (Wildman–Crippen LogP) is 0.889. The van der Waals surface area contributed by atoms with E-state index in [1.807, 2.05) is 20.8 Å². The van der Waals surface area contributed by atoms with Gasteiger partial charge in [0.2, 0.25) is 5.95 Å². The molecular formula is C9H15N5. The van der Waals surface area contributed by atoms with Crippen molar-refractivity contribution in [2.75, 3.05) is 5.32 Å². The van der Waals surface area contributed by atoms with E-state index in [-0.39, 0.29) is 11.9 Å². The molecule has 0 radical (unpaired) electrons. The minimum atomic E-state index is -0.0395. The van der Waals surface area contributed by atoms with Crippen molar-refractivity contribution in [3.05, 3.63) is 17.5 Å². The first-order valence-electron chi connectivity index (χ1n) is 4.45. The number of anilines is 1. The van der Waals surface area contributed by atoms with Gasteiger partial charge in [0.25, 0.3) is 0 Å². The third kappa shape index (κ3) is 2.69. The SMILES string of the molecule is Cc1cc(C(=N)N)nc(NC(C)C)n1. The van der Waals surface area contributed by atoms with E-state index in [2.05, 4.69) is 15.3 Å². The zero-order chi connectivity index (χ0) is 10.7. The van der Waals surface area contributed by atoms with Crippen LogP contribution < -0.4 is 11.1 Å². The molecule has 0 saturated carbocycles. The molecule has 1 aromatic rings. The summed E-state index contributed by atoms with van der Waals surface area (Å²) < 4.78 is 0. The van der Waals surface area contributed by atoms with Crippen molar-refractivity contribution in [2.24, 2.45) is 5.73 Å². The van der Waals surface area contributed by atoms with E-state index < -0.39 is 0 Å². The van der Waals surface area contributed by atoms with Crippen LogP contribution in [0.2, 0.25) is 0 Å². The van der Waals surface area contributed by atoms with Crippen LogP contribution in [-0.4, -0.2) is 21.8 Å². The maximum atomic E-state index is 7.27. The summed E-state index contributed by atoms with van der Waals surface area (Å²) in [6.45, 7) is 5.85. The molecule has 0 fully saturated rings. The summed E-state index contributed by atoms with van der Waals surface area (Å²) in [5, 5.41) is 10.3. The number of aryl methyl sites for hydroxylation is 1. The maximum Gasteiger partial charge on any atom is 0.223 e. The van der Waals surface area contributed by atoms with Gasteiger partial charge in [-0.2, -0.15) is 0 Å². The summed E-state index contributed by atoms with van der Waals surface area (Å²) in [4.78, 5) is 8.28. The highest BCUT2D eigenvalue weighted by molar-refractivity contribution is 5.93.